The number of fused-ring (bicyclic) bond motifs is 3. The van der Waals surface area contributed by atoms with Crippen molar-refractivity contribution < 1.29 is 0 Å². The Morgan fingerprint density at radius 3 is 2.87 bits per heavy atom. The highest BCUT2D eigenvalue weighted by Gasteiger charge is 2.30. The molecule has 1 atom stereocenters. The summed E-state index contributed by atoms with van der Waals surface area (Å²) < 4.78 is 0. The molecule has 2 N–H and O–H groups in total. The van der Waals surface area contributed by atoms with Crippen LogP contribution in [0.4, 0.5) is 0 Å². The van der Waals surface area contributed by atoms with Crippen LogP contribution in [-0.2, 0) is 0 Å². The second kappa shape index (κ2) is 2.71. The Balaban J connectivity index is 2.25. The molecule has 0 saturated carbocycles. The van der Waals surface area contributed by atoms with Crippen molar-refractivity contribution in [2.45, 2.75) is 12.5 Å². The molecule has 0 fully saturated rings. The van der Waals surface area contributed by atoms with E-state index in [1.165, 1.54) is 22.3 Å². The smallest absolute Gasteiger partial charge is 0.0576 e. The normalized spacial score (nSPS) is 26.8. The third kappa shape index (κ3) is 1.13. The highest BCUT2D eigenvalue weighted by atomic mass is 14.7. The first-order valence-electron chi connectivity index (χ1n) is 5.19. The number of nitrogens with two attached hydrogens (primary N) is 1. The molecule has 0 aliphatic heterocycles. The standard InChI is InChI=1S/C14H13N/c1-14(15)8-4-7-12-11-6-3-2-5-10(11)9-13(12)14/h2-9H,15H2,1H3. The first kappa shape index (κ1) is 8.69. The molecule has 0 bridgehead atoms. The summed E-state index contributed by atoms with van der Waals surface area (Å²) in [6.07, 6.45) is 8.44. The molecule has 1 unspecified atom stereocenters. The van der Waals surface area contributed by atoms with Gasteiger partial charge in [-0.2, -0.15) is 0 Å². The summed E-state index contributed by atoms with van der Waals surface area (Å²) in [5.74, 6) is 0. The summed E-state index contributed by atoms with van der Waals surface area (Å²) in [7, 11) is 0. The lowest BCUT2D eigenvalue weighted by Crippen LogP contribution is -2.36. The molecule has 2 aliphatic rings. The van der Waals surface area contributed by atoms with Gasteiger partial charge in [0.15, 0.2) is 0 Å². The number of benzene rings is 1. The summed E-state index contributed by atoms with van der Waals surface area (Å²) >= 11 is 0. The van der Waals surface area contributed by atoms with Gasteiger partial charge in [-0.3, -0.25) is 0 Å². The molecule has 15 heavy (non-hydrogen) atoms. The minimum absolute atomic E-state index is 0.330. The molecular formula is C14H13N. The molecule has 0 radical (unpaired) electrons. The van der Waals surface area contributed by atoms with E-state index >= 15 is 0 Å². The molecule has 0 spiro atoms. The molecule has 1 aromatic rings. The average molecular weight is 195 g/mol. The van der Waals surface area contributed by atoms with Crippen LogP contribution in [0.5, 0.6) is 0 Å². The van der Waals surface area contributed by atoms with Crippen LogP contribution in [0.2, 0.25) is 0 Å². The molecular weight excluding hydrogens is 182 g/mol. The van der Waals surface area contributed by atoms with Gasteiger partial charge >= 0.3 is 0 Å². The van der Waals surface area contributed by atoms with E-state index in [2.05, 4.69) is 42.5 Å². The largest absolute Gasteiger partial charge is 0.318 e. The predicted molar refractivity (Wildman–Crippen MR) is 64.1 cm³/mol. The quantitative estimate of drug-likeness (QED) is 0.676. The van der Waals surface area contributed by atoms with E-state index in [9.17, 15) is 0 Å². The van der Waals surface area contributed by atoms with E-state index in [0.717, 1.165) is 0 Å². The van der Waals surface area contributed by atoms with Crippen LogP contribution in [0, 0.1) is 0 Å². The second-order valence-electron chi connectivity index (χ2n) is 4.37. The van der Waals surface area contributed by atoms with Gasteiger partial charge in [-0.1, -0.05) is 42.5 Å². The van der Waals surface area contributed by atoms with Crippen molar-refractivity contribution in [1.29, 1.82) is 0 Å². The third-order valence-electron chi connectivity index (χ3n) is 3.13. The van der Waals surface area contributed by atoms with Crippen molar-refractivity contribution in [2.24, 2.45) is 5.73 Å². The molecule has 1 heteroatoms. The Bertz CT molecular complexity index is 516. The van der Waals surface area contributed by atoms with Gasteiger partial charge in [-0.15, -0.1) is 0 Å². The summed E-state index contributed by atoms with van der Waals surface area (Å²) in [6, 6.07) is 8.43. The Hall–Kier alpha value is -1.60. The van der Waals surface area contributed by atoms with Crippen LogP contribution in [-0.4, -0.2) is 5.54 Å². The minimum atomic E-state index is -0.330. The lowest BCUT2D eigenvalue weighted by molar-refractivity contribution is 0.709. The van der Waals surface area contributed by atoms with E-state index in [1.807, 2.05) is 13.0 Å². The van der Waals surface area contributed by atoms with Crippen LogP contribution >= 0.6 is 0 Å². The summed E-state index contributed by atoms with van der Waals surface area (Å²) in [6.45, 7) is 2.05. The highest BCUT2D eigenvalue weighted by molar-refractivity contribution is 5.98. The number of rotatable bonds is 0. The van der Waals surface area contributed by atoms with E-state index in [-0.39, 0.29) is 5.54 Å². The zero-order valence-electron chi connectivity index (χ0n) is 8.70. The van der Waals surface area contributed by atoms with Crippen molar-refractivity contribution in [3.05, 3.63) is 59.2 Å². The Labute approximate surface area is 89.6 Å². The molecule has 74 valence electrons. The predicted octanol–water partition coefficient (Wildman–Crippen LogP) is 2.75. The monoisotopic (exact) mass is 195 g/mol. The summed E-state index contributed by atoms with van der Waals surface area (Å²) in [4.78, 5) is 0. The van der Waals surface area contributed by atoms with Crippen LogP contribution in [0.3, 0.4) is 0 Å². The number of hydrogen-bond donors (Lipinski definition) is 1. The van der Waals surface area contributed by atoms with Gasteiger partial charge in [0.05, 0.1) is 5.54 Å². The second-order valence-corrected chi connectivity index (χ2v) is 4.37. The Kier molecular flexibility index (Phi) is 1.57. The maximum atomic E-state index is 6.25. The molecule has 2 aliphatic carbocycles. The minimum Gasteiger partial charge on any atom is -0.318 e. The average Bonchev–Trinajstić information content (AvgIpc) is 2.58. The topological polar surface area (TPSA) is 26.0 Å². The molecule has 1 nitrogen and oxygen atoms in total. The van der Waals surface area contributed by atoms with Crippen molar-refractivity contribution in [1.82, 2.24) is 0 Å². The maximum Gasteiger partial charge on any atom is 0.0576 e. The highest BCUT2D eigenvalue weighted by Crippen LogP contribution is 2.42. The Morgan fingerprint density at radius 2 is 2.00 bits per heavy atom. The van der Waals surface area contributed by atoms with Gasteiger partial charge in [0.1, 0.15) is 0 Å². The molecule has 3 rings (SSSR count). The van der Waals surface area contributed by atoms with Crippen molar-refractivity contribution in [3.8, 4) is 0 Å². The fourth-order valence-corrected chi connectivity index (χ4v) is 2.31. The molecule has 0 saturated heterocycles. The third-order valence-corrected chi connectivity index (χ3v) is 3.13. The fourth-order valence-electron chi connectivity index (χ4n) is 2.31. The molecule has 1 aromatic carbocycles. The van der Waals surface area contributed by atoms with Gasteiger partial charge in [0.2, 0.25) is 0 Å². The molecule has 0 amide bonds. The van der Waals surface area contributed by atoms with Crippen molar-refractivity contribution in [2.75, 3.05) is 0 Å². The van der Waals surface area contributed by atoms with Crippen LogP contribution < -0.4 is 5.73 Å². The zero-order valence-corrected chi connectivity index (χ0v) is 8.70. The van der Waals surface area contributed by atoms with E-state index in [0.29, 0.717) is 0 Å². The van der Waals surface area contributed by atoms with Crippen LogP contribution in [0.1, 0.15) is 18.1 Å². The summed E-state index contributed by atoms with van der Waals surface area (Å²) in [5, 5.41) is 0. The molecule has 0 heterocycles. The van der Waals surface area contributed by atoms with Gasteiger partial charge < -0.3 is 5.73 Å². The van der Waals surface area contributed by atoms with Crippen LogP contribution in [0.25, 0.3) is 11.6 Å². The fraction of sp³-hybridized carbons (Fsp3) is 0.143. The molecule has 0 aromatic heterocycles. The van der Waals surface area contributed by atoms with Gasteiger partial charge in [-0.05, 0) is 35.3 Å². The number of allylic oxidation sites excluding steroid dienone is 2. The zero-order chi connectivity index (χ0) is 10.5. The first-order valence-corrected chi connectivity index (χ1v) is 5.19. The van der Waals surface area contributed by atoms with E-state index in [1.54, 1.807) is 0 Å². The maximum absolute atomic E-state index is 6.25. The Morgan fingerprint density at radius 1 is 1.20 bits per heavy atom. The number of hydrogen-bond acceptors (Lipinski definition) is 1. The lowest BCUT2D eigenvalue weighted by Gasteiger charge is -2.26. The van der Waals surface area contributed by atoms with Gasteiger partial charge in [0.25, 0.3) is 0 Å². The van der Waals surface area contributed by atoms with Crippen molar-refractivity contribution >= 4 is 11.6 Å². The van der Waals surface area contributed by atoms with E-state index < -0.39 is 0 Å². The lowest BCUT2D eigenvalue weighted by atomic mass is 9.84. The van der Waals surface area contributed by atoms with Crippen LogP contribution in [0.15, 0.2) is 48.1 Å². The van der Waals surface area contributed by atoms with Crippen molar-refractivity contribution in [3.63, 3.8) is 0 Å². The first-order chi connectivity index (χ1) is 7.18. The summed E-state index contributed by atoms with van der Waals surface area (Å²) in [5.41, 5.74) is 11.0. The van der Waals surface area contributed by atoms with E-state index in [4.69, 9.17) is 5.73 Å². The van der Waals surface area contributed by atoms with Gasteiger partial charge in [0, 0.05) is 0 Å². The SMILES string of the molecule is CC1(N)C=CC=C2C1=Cc1ccccc12. The van der Waals surface area contributed by atoms with Gasteiger partial charge in [-0.25, -0.2) is 0 Å².